The number of benzene rings is 2. The molecule has 0 atom stereocenters. The van der Waals surface area contributed by atoms with Gasteiger partial charge in [0.1, 0.15) is 0 Å². The normalized spacial score (nSPS) is 11.3. The molecule has 1 aromatic heterocycles. The van der Waals surface area contributed by atoms with Crippen LogP contribution in [0, 0.1) is 6.92 Å². The first kappa shape index (κ1) is 8.36. The van der Waals surface area contributed by atoms with Gasteiger partial charge in [0.2, 0.25) is 0 Å². The van der Waals surface area contributed by atoms with Crippen LogP contribution < -0.4 is 0 Å². The Hall–Kier alpha value is -1.96. The number of aromatic nitrogens is 1. The average molecular weight is 197 g/mol. The fraction of sp³-hybridized carbons (Fsp3) is 0.0769. The van der Waals surface area contributed by atoms with Crippen LogP contribution in [0.25, 0.3) is 21.7 Å². The van der Waals surface area contributed by atoms with Crippen molar-refractivity contribution in [3.8, 4) is 0 Å². The largest absolute Gasteiger partial charge is 0.428 e. The lowest BCUT2D eigenvalue weighted by atomic mass is 10.1. The molecule has 2 heteroatoms. The Balaban J connectivity index is 2.64. The van der Waals surface area contributed by atoms with Gasteiger partial charge >= 0.3 is 0 Å². The van der Waals surface area contributed by atoms with E-state index in [1.165, 1.54) is 4.73 Å². The molecule has 2 nitrogen and oxygen atoms in total. The number of aryl methyl sites for hydroxylation is 1. The van der Waals surface area contributed by atoms with Crippen LogP contribution in [0.3, 0.4) is 0 Å². The van der Waals surface area contributed by atoms with E-state index in [0.29, 0.717) is 0 Å². The molecule has 0 radical (unpaired) electrons. The molecule has 1 heterocycles. The van der Waals surface area contributed by atoms with Crippen LogP contribution in [0.4, 0.5) is 0 Å². The summed E-state index contributed by atoms with van der Waals surface area (Å²) < 4.78 is 1.22. The summed E-state index contributed by atoms with van der Waals surface area (Å²) in [6.07, 6.45) is 1.75. The van der Waals surface area contributed by atoms with E-state index < -0.39 is 0 Å². The average Bonchev–Trinajstić information content (AvgIpc) is 2.55. The maximum absolute atomic E-state index is 9.81. The molecule has 3 rings (SSSR count). The molecule has 0 saturated carbocycles. The van der Waals surface area contributed by atoms with Gasteiger partial charge < -0.3 is 5.21 Å². The molecular formula is C13H11NO. The zero-order valence-corrected chi connectivity index (χ0v) is 8.44. The highest BCUT2D eigenvalue weighted by Gasteiger charge is 2.07. The van der Waals surface area contributed by atoms with Crippen LogP contribution in [0.1, 0.15) is 5.56 Å². The Labute approximate surface area is 87.3 Å². The summed E-state index contributed by atoms with van der Waals surface area (Å²) in [5.41, 5.74) is 1.99. The van der Waals surface area contributed by atoms with Crippen molar-refractivity contribution in [2.75, 3.05) is 0 Å². The Morgan fingerprint density at radius 1 is 1.00 bits per heavy atom. The van der Waals surface area contributed by atoms with E-state index in [4.69, 9.17) is 0 Å². The predicted octanol–water partition coefficient (Wildman–Crippen LogP) is 3.34. The molecule has 0 fully saturated rings. The summed E-state index contributed by atoms with van der Waals surface area (Å²) in [7, 11) is 0. The van der Waals surface area contributed by atoms with Crippen molar-refractivity contribution in [2.45, 2.75) is 6.92 Å². The lowest BCUT2D eigenvalue weighted by Crippen LogP contribution is -1.86. The van der Waals surface area contributed by atoms with Crippen molar-refractivity contribution in [1.82, 2.24) is 4.73 Å². The molecule has 3 aromatic rings. The Bertz CT molecular complexity index is 652. The lowest BCUT2D eigenvalue weighted by Gasteiger charge is -2.01. The molecule has 0 aliphatic heterocycles. The fourth-order valence-corrected chi connectivity index (χ4v) is 2.14. The second-order valence-corrected chi connectivity index (χ2v) is 3.84. The van der Waals surface area contributed by atoms with Crippen LogP contribution in [-0.4, -0.2) is 9.94 Å². The molecule has 0 bridgehead atoms. The van der Waals surface area contributed by atoms with Gasteiger partial charge in [-0.15, -0.1) is 0 Å². The van der Waals surface area contributed by atoms with Gasteiger partial charge in [-0.2, -0.15) is 4.73 Å². The standard InChI is InChI=1S/C13H11NO/c1-9-8-14(15)13-11(9)7-6-10-4-2-3-5-12(10)13/h2-8,15H,1H3. The Morgan fingerprint density at radius 2 is 1.80 bits per heavy atom. The highest BCUT2D eigenvalue weighted by Crippen LogP contribution is 2.27. The number of fused-ring (bicyclic) bond motifs is 3. The quantitative estimate of drug-likeness (QED) is 0.549. The van der Waals surface area contributed by atoms with E-state index in [9.17, 15) is 5.21 Å². The van der Waals surface area contributed by atoms with Crippen LogP contribution in [0.15, 0.2) is 42.6 Å². The SMILES string of the molecule is Cc1cn(O)c2c1ccc1ccccc12. The van der Waals surface area contributed by atoms with Gasteiger partial charge in [0.15, 0.2) is 0 Å². The first-order valence-electron chi connectivity index (χ1n) is 4.96. The van der Waals surface area contributed by atoms with Gasteiger partial charge in [0.25, 0.3) is 0 Å². The maximum atomic E-state index is 9.81. The second kappa shape index (κ2) is 2.76. The smallest absolute Gasteiger partial charge is 0.0946 e. The third kappa shape index (κ3) is 1.05. The molecule has 2 aromatic carbocycles. The summed E-state index contributed by atoms with van der Waals surface area (Å²) in [6, 6.07) is 12.2. The molecule has 0 amide bonds. The summed E-state index contributed by atoms with van der Waals surface area (Å²) in [4.78, 5) is 0. The van der Waals surface area contributed by atoms with Gasteiger partial charge in [0.05, 0.1) is 5.52 Å². The third-order valence-electron chi connectivity index (χ3n) is 2.87. The minimum Gasteiger partial charge on any atom is -0.428 e. The molecule has 15 heavy (non-hydrogen) atoms. The Kier molecular flexibility index (Phi) is 1.54. The summed E-state index contributed by atoms with van der Waals surface area (Å²) >= 11 is 0. The minimum absolute atomic E-state index is 0.894. The van der Waals surface area contributed by atoms with Gasteiger partial charge in [-0.25, -0.2) is 0 Å². The van der Waals surface area contributed by atoms with Crippen molar-refractivity contribution in [3.05, 3.63) is 48.2 Å². The van der Waals surface area contributed by atoms with E-state index in [0.717, 1.165) is 27.2 Å². The van der Waals surface area contributed by atoms with E-state index in [1.54, 1.807) is 6.20 Å². The zero-order chi connectivity index (χ0) is 10.4. The molecule has 1 N–H and O–H groups in total. The van der Waals surface area contributed by atoms with Gasteiger partial charge in [0, 0.05) is 17.0 Å². The second-order valence-electron chi connectivity index (χ2n) is 3.84. The van der Waals surface area contributed by atoms with E-state index in [-0.39, 0.29) is 0 Å². The zero-order valence-electron chi connectivity index (χ0n) is 8.44. The van der Waals surface area contributed by atoms with Crippen molar-refractivity contribution >= 4 is 21.7 Å². The van der Waals surface area contributed by atoms with Crippen molar-refractivity contribution in [1.29, 1.82) is 0 Å². The van der Waals surface area contributed by atoms with Crippen molar-refractivity contribution < 1.29 is 5.21 Å². The van der Waals surface area contributed by atoms with E-state index in [2.05, 4.69) is 18.2 Å². The summed E-state index contributed by atoms with van der Waals surface area (Å²) in [5.74, 6) is 0. The van der Waals surface area contributed by atoms with Crippen LogP contribution >= 0.6 is 0 Å². The van der Waals surface area contributed by atoms with Crippen LogP contribution in [-0.2, 0) is 0 Å². The third-order valence-corrected chi connectivity index (χ3v) is 2.87. The lowest BCUT2D eigenvalue weighted by molar-refractivity contribution is 0.200. The minimum atomic E-state index is 0.894. The highest BCUT2D eigenvalue weighted by atomic mass is 16.5. The van der Waals surface area contributed by atoms with Crippen molar-refractivity contribution in [3.63, 3.8) is 0 Å². The molecule has 0 spiro atoms. The summed E-state index contributed by atoms with van der Waals surface area (Å²) in [6.45, 7) is 2.00. The van der Waals surface area contributed by atoms with Crippen LogP contribution in [0.5, 0.6) is 0 Å². The molecule has 74 valence electrons. The number of hydrogen-bond acceptors (Lipinski definition) is 1. The number of nitrogens with zero attached hydrogens (tertiary/aromatic N) is 1. The first-order valence-corrected chi connectivity index (χ1v) is 4.96. The molecule has 0 aliphatic rings. The van der Waals surface area contributed by atoms with Gasteiger partial charge in [-0.1, -0.05) is 36.4 Å². The first-order chi connectivity index (χ1) is 7.27. The summed E-state index contributed by atoms with van der Waals surface area (Å²) in [5, 5.41) is 13.2. The van der Waals surface area contributed by atoms with Gasteiger partial charge in [-0.3, -0.25) is 0 Å². The molecule has 0 unspecified atom stereocenters. The van der Waals surface area contributed by atoms with E-state index in [1.807, 2.05) is 25.1 Å². The maximum Gasteiger partial charge on any atom is 0.0946 e. The number of hydrogen-bond donors (Lipinski definition) is 1. The topological polar surface area (TPSA) is 25.2 Å². The van der Waals surface area contributed by atoms with Crippen LogP contribution in [0.2, 0.25) is 0 Å². The molecule has 0 saturated heterocycles. The van der Waals surface area contributed by atoms with Crippen molar-refractivity contribution in [2.24, 2.45) is 0 Å². The monoisotopic (exact) mass is 197 g/mol. The molecule has 0 aliphatic carbocycles. The fourth-order valence-electron chi connectivity index (χ4n) is 2.14. The van der Waals surface area contributed by atoms with E-state index >= 15 is 0 Å². The molecular weight excluding hydrogens is 186 g/mol. The Morgan fingerprint density at radius 3 is 2.67 bits per heavy atom. The van der Waals surface area contributed by atoms with Gasteiger partial charge in [-0.05, 0) is 17.9 Å². The predicted molar refractivity (Wildman–Crippen MR) is 61.4 cm³/mol. The highest BCUT2D eigenvalue weighted by molar-refractivity contribution is 6.06. The number of rotatable bonds is 0.